The summed E-state index contributed by atoms with van der Waals surface area (Å²) in [4.78, 5) is 5.56. The number of likely N-dealkylation sites (N-methyl/N-ethyl adjacent to an activating group) is 1. The summed E-state index contributed by atoms with van der Waals surface area (Å²) in [5.41, 5.74) is -2.38. The van der Waals surface area contributed by atoms with Crippen molar-refractivity contribution in [1.82, 2.24) is 9.88 Å². The molecule has 3 nitrogen and oxygen atoms in total. The predicted molar refractivity (Wildman–Crippen MR) is 59.9 cm³/mol. The largest absolute Gasteiger partial charge is 0.416 e. The number of aromatic nitrogens is 1. The SMILES string of the molecule is CN1CCCC(O)(c2cnccc2C(F)(F)F)C1. The zero-order valence-electron chi connectivity index (χ0n) is 10.0. The molecule has 18 heavy (non-hydrogen) atoms. The van der Waals surface area contributed by atoms with Crippen LogP contribution in [0.3, 0.4) is 0 Å². The van der Waals surface area contributed by atoms with E-state index in [1.165, 1.54) is 0 Å². The minimum Gasteiger partial charge on any atom is -0.384 e. The first-order valence-electron chi connectivity index (χ1n) is 5.75. The summed E-state index contributed by atoms with van der Waals surface area (Å²) in [7, 11) is 1.79. The van der Waals surface area contributed by atoms with Crippen LogP contribution in [0.1, 0.15) is 24.0 Å². The van der Waals surface area contributed by atoms with Crippen molar-refractivity contribution in [1.29, 1.82) is 0 Å². The maximum atomic E-state index is 12.9. The summed E-state index contributed by atoms with van der Waals surface area (Å²) in [6.45, 7) is 0.978. The number of likely N-dealkylation sites (tertiary alicyclic amines) is 1. The van der Waals surface area contributed by atoms with Gasteiger partial charge in [-0.05, 0) is 32.5 Å². The Morgan fingerprint density at radius 1 is 1.44 bits per heavy atom. The third-order valence-electron chi connectivity index (χ3n) is 3.29. The highest BCUT2D eigenvalue weighted by Crippen LogP contribution is 2.39. The van der Waals surface area contributed by atoms with Crippen LogP contribution in [0.4, 0.5) is 13.2 Å². The second-order valence-electron chi connectivity index (χ2n) is 4.79. The molecule has 1 aromatic rings. The lowest BCUT2D eigenvalue weighted by Gasteiger charge is -2.38. The number of pyridine rings is 1. The molecule has 1 aliphatic rings. The zero-order valence-corrected chi connectivity index (χ0v) is 10.0. The smallest absolute Gasteiger partial charge is 0.384 e. The minimum absolute atomic E-state index is 0.121. The van der Waals surface area contributed by atoms with Crippen molar-refractivity contribution in [2.45, 2.75) is 24.6 Å². The molecule has 1 N–H and O–H groups in total. The molecule has 1 atom stereocenters. The summed E-state index contributed by atoms with van der Waals surface area (Å²) in [5, 5.41) is 10.5. The van der Waals surface area contributed by atoms with Crippen LogP contribution in [0.5, 0.6) is 0 Å². The molecule has 2 heterocycles. The van der Waals surface area contributed by atoms with Gasteiger partial charge in [0.05, 0.1) is 5.56 Å². The van der Waals surface area contributed by atoms with Crippen LogP contribution in [0, 0.1) is 0 Å². The van der Waals surface area contributed by atoms with Crippen LogP contribution in [-0.4, -0.2) is 35.1 Å². The van der Waals surface area contributed by atoms with Crippen LogP contribution < -0.4 is 0 Å². The quantitative estimate of drug-likeness (QED) is 0.839. The van der Waals surface area contributed by atoms with Gasteiger partial charge in [-0.15, -0.1) is 0 Å². The van der Waals surface area contributed by atoms with Gasteiger partial charge in [-0.2, -0.15) is 13.2 Å². The topological polar surface area (TPSA) is 36.4 Å². The number of alkyl halides is 3. The van der Waals surface area contributed by atoms with E-state index >= 15 is 0 Å². The molecule has 6 heteroatoms. The van der Waals surface area contributed by atoms with Gasteiger partial charge in [0.2, 0.25) is 0 Å². The molecule has 1 saturated heterocycles. The van der Waals surface area contributed by atoms with Crippen molar-refractivity contribution in [3.05, 3.63) is 29.6 Å². The van der Waals surface area contributed by atoms with Gasteiger partial charge in [-0.3, -0.25) is 4.98 Å². The first-order valence-corrected chi connectivity index (χ1v) is 5.75. The van der Waals surface area contributed by atoms with E-state index < -0.39 is 17.3 Å². The fourth-order valence-electron chi connectivity index (χ4n) is 2.48. The third-order valence-corrected chi connectivity index (χ3v) is 3.29. The fraction of sp³-hybridized carbons (Fsp3) is 0.583. The molecule has 0 bridgehead atoms. The van der Waals surface area contributed by atoms with E-state index in [1.807, 2.05) is 4.90 Å². The Labute approximate surface area is 103 Å². The molecule has 2 rings (SSSR count). The molecule has 0 amide bonds. The Balaban J connectivity index is 2.44. The lowest BCUT2D eigenvalue weighted by Crippen LogP contribution is -2.45. The summed E-state index contributed by atoms with van der Waals surface area (Å²) < 4.78 is 38.8. The molecular weight excluding hydrogens is 245 g/mol. The van der Waals surface area contributed by atoms with Gasteiger partial charge in [0.1, 0.15) is 5.60 Å². The molecule has 100 valence electrons. The molecule has 0 aromatic carbocycles. The van der Waals surface area contributed by atoms with Gasteiger partial charge in [0.15, 0.2) is 0 Å². The second kappa shape index (κ2) is 4.51. The Kier molecular flexibility index (Phi) is 3.33. The molecule has 0 spiro atoms. The van der Waals surface area contributed by atoms with Gasteiger partial charge in [0.25, 0.3) is 0 Å². The van der Waals surface area contributed by atoms with Crippen molar-refractivity contribution in [2.24, 2.45) is 0 Å². The number of halogens is 3. The Hall–Kier alpha value is -1.14. The Morgan fingerprint density at radius 3 is 2.78 bits per heavy atom. The highest BCUT2D eigenvalue weighted by molar-refractivity contribution is 5.32. The van der Waals surface area contributed by atoms with Gasteiger partial charge in [0, 0.05) is 24.5 Å². The number of piperidine rings is 1. The summed E-state index contributed by atoms with van der Waals surface area (Å²) >= 11 is 0. The average Bonchev–Trinajstić information content (AvgIpc) is 2.27. The molecular formula is C12H15F3N2O. The van der Waals surface area contributed by atoms with Crippen molar-refractivity contribution < 1.29 is 18.3 Å². The monoisotopic (exact) mass is 260 g/mol. The first kappa shape index (κ1) is 13.3. The van der Waals surface area contributed by atoms with Crippen LogP contribution in [-0.2, 0) is 11.8 Å². The highest BCUT2D eigenvalue weighted by Gasteiger charge is 2.42. The Bertz CT molecular complexity index is 436. The summed E-state index contributed by atoms with van der Waals surface area (Å²) in [6.07, 6.45) is -1.25. The minimum atomic E-state index is -4.47. The number of rotatable bonds is 1. The zero-order chi connectivity index (χ0) is 13.4. The average molecular weight is 260 g/mol. The third kappa shape index (κ3) is 2.49. The standard InChI is InChI=1S/C12H15F3N2O/c1-17-6-2-4-11(18,8-17)10-7-16-5-3-9(10)12(13,14)15/h3,5,7,18H,2,4,6,8H2,1H3. The molecule has 0 saturated carbocycles. The molecule has 0 radical (unpaired) electrons. The molecule has 1 aliphatic heterocycles. The lowest BCUT2D eigenvalue weighted by atomic mass is 9.84. The number of hydrogen-bond acceptors (Lipinski definition) is 3. The number of hydrogen-bond donors (Lipinski definition) is 1. The van der Waals surface area contributed by atoms with E-state index in [1.54, 1.807) is 7.05 Å². The van der Waals surface area contributed by atoms with Gasteiger partial charge in [-0.25, -0.2) is 0 Å². The fourth-order valence-corrected chi connectivity index (χ4v) is 2.48. The van der Waals surface area contributed by atoms with E-state index in [0.717, 1.165) is 25.0 Å². The molecule has 1 aromatic heterocycles. The summed E-state index contributed by atoms with van der Waals surface area (Å²) in [5.74, 6) is 0. The van der Waals surface area contributed by atoms with Gasteiger partial charge < -0.3 is 10.0 Å². The van der Waals surface area contributed by atoms with E-state index in [-0.39, 0.29) is 12.1 Å². The van der Waals surface area contributed by atoms with Crippen molar-refractivity contribution in [3.8, 4) is 0 Å². The summed E-state index contributed by atoms with van der Waals surface area (Å²) in [6, 6.07) is 0.919. The molecule has 0 aliphatic carbocycles. The van der Waals surface area contributed by atoms with Crippen molar-refractivity contribution >= 4 is 0 Å². The number of β-amino-alcohol motifs (C(OH)–C–C–N with tert-alkyl or cyclic N) is 1. The van der Waals surface area contributed by atoms with Gasteiger partial charge >= 0.3 is 6.18 Å². The normalized spacial score (nSPS) is 26.3. The van der Waals surface area contributed by atoms with Crippen molar-refractivity contribution in [2.75, 3.05) is 20.1 Å². The maximum Gasteiger partial charge on any atom is 0.416 e. The second-order valence-corrected chi connectivity index (χ2v) is 4.79. The predicted octanol–water partition coefficient (Wildman–Crippen LogP) is 2.01. The molecule has 1 unspecified atom stereocenters. The van der Waals surface area contributed by atoms with E-state index in [4.69, 9.17) is 0 Å². The van der Waals surface area contributed by atoms with Crippen LogP contribution >= 0.6 is 0 Å². The van der Waals surface area contributed by atoms with Gasteiger partial charge in [-0.1, -0.05) is 0 Å². The molecule has 1 fully saturated rings. The highest BCUT2D eigenvalue weighted by atomic mass is 19.4. The Morgan fingerprint density at radius 2 is 2.17 bits per heavy atom. The first-order chi connectivity index (χ1) is 8.33. The van der Waals surface area contributed by atoms with E-state index in [2.05, 4.69) is 4.98 Å². The number of nitrogens with zero attached hydrogens (tertiary/aromatic N) is 2. The van der Waals surface area contributed by atoms with Crippen molar-refractivity contribution in [3.63, 3.8) is 0 Å². The van der Waals surface area contributed by atoms with Crippen LogP contribution in [0.15, 0.2) is 18.5 Å². The van der Waals surface area contributed by atoms with Crippen LogP contribution in [0.25, 0.3) is 0 Å². The lowest BCUT2D eigenvalue weighted by molar-refractivity contribution is -0.142. The van der Waals surface area contributed by atoms with E-state index in [0.29, 0.717) is 12.8 Å². The van der Waals surface area contributed by atoms with Crippen LogP contribution in [0.2, 0.25) is 0 Å². The van der Waals surface area contributed by atoms with E-state index in [9.17, 15) is 18.3 Å². The number of aliphatic hydroxyl groups is 1. The maximum absolute atomic E-state index is 12.9.